The average Bonchev–Trinajstić information content (AvgIpc) is 3.24. The maximum atomic E-state index is 14.1. The zero-order valence-electron chi connectivity index (χ0n) is 19.1. The number of nitrogens with one attached hydrogen (secondary N) is 1. The van der Waals surface area contributed by atoms with Gasteiger partial charge in [-0.2, -0.15) is 5.10 Å². The van der Waals surface area contributed by atoms with E-state index < -0.39 is 5.41 Å². The number of aromatic nitrogens is 2. The predicted molar refractivity (Wildman–Crippen MR) is 125 cm³/mol. The molecule has 2 fully saturated rings. The Morgan fingerprint density at radius 3 is 2.76 bits per heavy atom. The number of rotatable bonds is 5. The molecule has 1 unspecified atom stereocenters. The summed E-state index contributed by atoms with van der Waals surface area (Å²) >= 11 is 0. The van der Waals surface area contributed by atoms with Crippen molar-refractivity contribution in [1.82, 2.24) is 15.1 Å². The predicted octanol–water partition coefficient (Wildman–Crippen LogP) is 3.34. The number of carbonyl (C=O) groups is 1. The van der Waals surface area contributed by atoms with Gasteiger partial charge in [0.05, 0.1) is 37.5 Å². The molecule has 2 aliphatic rings. The lowest BCUT2D eigenvalue weighted by molar-refractivity contribution is -0.141. The molecule has 0 saturated carbocycles. The summed E-state index contributed by atoms with van der Waals surface area (Å²) in [5.41, 5.74) is 2.75. The third-order valence-electron chi connectivity index (χ3n) is 7.11. The van der Waals surface area contributed by atoms with E-state index in [4.69, 9.17) is 14.2 Å². The van der Waals surface area contributed by atoms with Crippen LogP contribution in [0.1, 0.15) is 24.0 Å². The molecule has 0 radical (unpaired) electrons. The van der Waals surface area contributed by atoms with Crippen molar-refractivity contribution in [3.63, 3.8) is 0 Å². The fourth-order valence-electron chi connectivity index (χ4n) is 5.27. The van der Waals surface area contributed by atoms with Gasteiger partial charge in [-0.1, -0.05) is 24.3 Å². The number of nitrogens with zero attached hydrogens (tertiary/aromatic N) is 2. The first-order chi connectivity index (χ1) is 16.2. The summed E-state index contributed by atoms with van der Waals surface area (Å²) in [5, 5.41) is 8.37. The Morgan fingerprint density at radius 1 is 1.15 bits per heavy atom. The highest BCUT2D eigenvalue weighted by molar-refractivity contribution is 5.88. The zero-order valence-corrected chi connectivity index (χ0v) is 19.1. The Kier molecular flexibility index (Phi) is 6.33. The van der Waals surface area contributed by atoms with E-state index in [2.05, 4.69) is 22.3 Å². The number of amides is 1. The van der Waals surface area contributed by atoms with Crippen molar-refractivity contribution in [2.24, 2.45) is 5.92 Å². The molecule has 2 aromatic carbocycles. The number of hydrogen-bond donors (Lipinski definition) is 1. The maximum Gasteiger partial charge on any atom is 0.233 e. The summed E-state index contributed by atoms with van der Waals surface area (Å²) in [7, 11) is 1.66. The van der Waals surface area contributed by atoms with Gasteiger partial charge in [-0.15, -0.1) is 0 Å². The molecule has 0 spiro atoms. The number of methoxy groups -OCH3 is 1. The van der Waals surface area contributed by atoms with Crippen LogP contribution in [-0.4, -0.2) is 67.6 Å². The minimum Gasteiger partial charge on any atom is -0.497 e. The molecule has 33 heavy (non-hydrogen) atoms. The van der Waals surface area contributed by atoms with E-state index in [1.165, 1.54) is 5.56 Å². The van der Waals surface area contributed by atoms with Gasteiger partial charge in [0, 0.05) is 37.6 Å². The fourth-order valence-corrected chi connectivity index (χ4v) is 5.27. The normalized spacial score (nSPS) is 21.0. The van der Waals surface area contributed by atoms with E-state index >= 15 is 0 Å². The van der Waals surface area contributed by atoms with Gasteiger partial charge in [-0.05, 0) is 48.6 Å². The summed E-state index contributed by atoms with van der Waals surface area (Å²) < 4.78 is 16.9. The lowest BCUT2D eigenvalue weighted by atomic mass is 9.72. The number of H-pyrrole nitrogens is 1. The highest BCUT2D eigenvalue weighted by atomic mass is 16.5. The van der Waals surface area contributed by atoms with Crippen molar-refractivity contribution >= 4 is 16.8 Å². The van der Waals surface area contributed by atoms with E-state index in [-0.39, 0.29) is 11.8 Å². The van der Waals surface area contributed by atoms with Gasteiger partial charge in [-0.3, -0.25) is 9.89 Å². The first-order valence-corrected chi connectivity index (χ1v) is 11.7. The van der Waals surface area contributed by atoms with Crippen molar-refractivity contribution in [3.05, 3.63) is 59.8 Å². The second-order valence-electron chi connectivity index (χ2n) is 9.07. The molecule has 0 bridgehead atoms. The van der Waals surface area contributed by atoms with Crippen LogP contribution in [0, 0.1) is 5.92 Å². The van der Waals surface area contributed by atoms with E-state index in [1.54, 1.807) is 7.11 Å². The first-order valence-electron chi connectivity index (χ1n) is 11.7. The minimum atomic E-state index is -0.565. The van der Waals surface area contributed by atoms with E-state index in [0.29, 0.717) is 52.4 Å². The first kappa shape index (κ1) is 21.9. The smallest absolute Gasteiger partial charge is 0.233 e. The number of fused-ring (bicyclic) bond motifs is 1. The minimum absolute atomic E-state index is 0.188. The molecule has 1 amide bonds. The van der Waals surface area contributed by atoms with Crippen LogP contribution in [0.15, 0.2) is 48.7 Å². The van der Waals surface area contributed by atoms with Gasteiger partial charge in [0.25, 0.3) is 0 Å². The Balaban J connectivity index is 1.39. The second-order valence-corrected chi connectivity index (χ2v) is 9.07. The van der Waals surface area contributed by atoms with Crippen LogP contribution in [-0.2, 0) is 26.1 Å². The maximum absolute atomic E-state index is 14.1. The van der Waals surface area contributed by atoms with Gasteiger partial charge < -0.3 is 19.1 Å². The van der Waals surface area contributed by atoms with E-state index in [9.17, 15) is 4.79 Å². The third kappa shape index (κ3) is 4.35. The van der Waals surface area contributed by atoms with Crippen LogP contribution in [0.25, 0.3) is 10.9 Å². The molecule has 1 aromatic heterocycles. The Labute approximate surface area is 194 Å². The van der Waals surface area contributed by atoms with Crippen LogP contribution in [0.5, 0.6) is 5.75 Å². The van der Waals surface area contributed by atoms with Gasteiger partial charge in [0.1, 0.15) is 5.75 Å². The third-order valence-corrected chi connectivity index (χ3v) is 7.11. The van der Waals surface area contributed by atoms with Crippen molar-refractivity contribution in [2.75, 3.05) is 46.6 Å². The Hall–Kier alpha value is -2.90. The number of benzene rings is 2. The number of ether oxygens (including phenoxy) is 3. The van der Waals surface area contributed by atoms with Gasteiger partial charge in [0.2, 0.25) is 5.91 Å². The second kappa shape index (κ2) is 9.53. The van der Waals surface area contributed by atoms with Gasteiger partial charge >= 0.3 is 0 Å². The number of hydrogen-bond acceptors (Lipinski definition) is 5. The quantitative estimate of drug-likeness (QED) is 0.647. The molecule has 2 aliphatic heterocycles. The number of aromatic amines is 1. The monoisotopic (exact) mass is 449 g/mol. The van der Waals surface area contributed by atoms with Crippen LogP contribution < -0.4 is 4.74 Å². The lowest BCUT2D eigenvalue weighted by Gasteiger charge is -2.40. The summed E-state index contributed by atoms with van der Waals surface area (Å²) in [5.74, 6) is 1.21. The average molecular weight is 450 g/mol. The lowest BCUT2D eigenvalue weighted by Crippen LogP contribution is -2.51. The zero-order chi connectivity index (χ0) is 22.7. The molecule has 5 rings (SSSR count). The van der Waals surface area contributed by atoms with Gasteiger partial charge in [-0.25, -0.2) is 0 Å². The van der Waals surface area contributed by atoms with Gasteiger partial charge in [0.15, 0.2) is 0 Å². The highest BCUT2D eigenvalue weighted by Crippen LogP contribution is 2.38. The molecule has 174 valence electrons. The molecular weight excluding hydrogens is 418 g/mol. The van der Waals surface area contributed by atoms with Crippen LogP contribution >= 0.6 is 0 Å². The summed E-state index contributed by atoms with van der Waals surface area (Å²) in [6.07, 6.45) is 4.11. The van der Waals surface area contributed by atoms with E-state index in [1.807, 2.05) is 41.4 Å². The van der Waals surface area contributed by atoms with Crippen molar-refractivity contribution in [1.29, 1.82) is 0 Å². The Bertz CT molecular complexity index is 1090. The Morgan fingerprint density at radius 2 is 1.97 bits per heavy atom. The standard InChI is InChI=1S/C26H31N3O4/c1-31-22-7-5-21(6-8-22)26(9-12-32-13-10-26)25(30)29-11-14-33-18-19(17-29)15-20-3-2-4-24-23(20)16-27-28-24/h2-8,16,19H,9-15,17-18H2,1H3,(H,27,28). The molecule has 3 aromatic rings. The van der Waals surface area contributed by atoms with Crippen LogP contribution in [0.4, 0.5) is 0 Å². The molecule has 1 N–H and O–H groups in total. The topological polar surface area (TPSA) is 76.7 Å². The summed E-state index contributed by atoms with van der Waals surface area (Å²) in [4.78, 5) is 16.2. The summed E-state index contributed by atoms with van der Waals surface area (Å²) in [6.45, 7) is 3.70. The van der Waals surface area contributed by atoms with Crippen LogP contribution in [0.2, 0.25) is 0 Å². The summed E-state index contributed by atoms with van der Waals surface area (Å²) in [6, 6.07) is 14.2. The van der Waals surface area contributed by atoms with Crippen molar-refractivity contribution < 1.29 is 19.0 Å². The number of carbonyl (C=O) groups excluding carboxylic acids is 1. The molecule has 7 nitrogen and oxygen atoms in total. The largest absolute Gasteiger partial charge is 0.497 e. The molecule has 0 aliphatic carbocycles. The SMILES string of the molecule is COc1ccc(C2(C(=O)N3CCOCC(Cc4cccc5[nH]ncc45)C3)CCOCC2)cc1. The molecule has 1 atom stereocenters. The molecule has 2 saturated heterocycles. The molecule has 7 heteroatoms. The van der Waals surface area contributed by atoms with Crippen molar-refractivity contribution in [2.45, 2.75) is 24.7 Å². The molecular formula is C26H31N3O4. The fraction of sp³-hybridized carbons (Fsp3) is 0.462. The van der Waals surface area contributed by atoms with Crippen LogP contribution in [0.3, 0.4) is 0 Å². The molecule has 3 heterocycles. The highest BCUT2D eigenvalue weighted by Gasteiger charge is 2.44. The van der Waals surface area contributed by atoms with Crippen molar-refractivity contribution in [3.8, 4) is 5.75 Å². The van der Waals surface area contributed by atoms with E-state index in [0.717, 1.165) is 28.6 Å².